The summed E-state index contributed by atoms with van der Waals surface area (Å²) in [6.07, 6.45) is 5.27. The minimum absolute atomic E-state index is 0.0293. The van der Waals surface area contributed by atoms with Gasteiger partial charge in [-0.25, -0.2) is 0 Å². The second-order valence-electron chi connectivity index (χ2n) is 5.74. The molecule has 2 rings (SSSR count). The summed E-state index contributed by atoms with van der Waals surface area (Å²) in [5, 5.41) is 15.4. The largest absolute Gasteiger partial charge is 0.392 e. The van der Waals surface area contributed by atoms with E-state index in [4.69, 9.17) is 0 Å². The van der Waals surface area contributed by atoms with Crippen LogP contribution in [-0.4, -0.2) is 60.3 Å². The maximum absolute atomic E-state index is 11.9. The smallest absolute Gasteiger partial charge is 0.237 e. The van der Waals surface area contributed by atoms with Crippen LogP contribution < -0.4 is 10.6 Å². The number of rotatable bonds is 5. The molecule has 2 aliphatic rings. The van der Waals surface area contributed by atoms with E-state index in [0.29, 0.717) is 25.6 Å². The molecule has 0 saturated carbocycles. The number of nitrogens with zero attached hydrogens (tertiary/aromatic N) is 1. The van der Waals surface area contributed by atoms with Crippen molar-refractivity contribution in [2.45, 2.75) is 57.2 Å². The molecular weight excluding hydrogens is 242 g/mol. The number of amides is 1. The van der Waals surface area contributed by atoms with E-state index >= 15 is 0 Å². The van der Waals surface area contributed by atoms with Crippen molar-refractivity contribution in [3.8, 4) is 0 Å². The lowest BCUT2D eigenvalue weighted by Crippen LogP contribution is -2.46. The molecule has 0 aliphatic carbocycles. The highest BCUT2D eigenvalue weighted by molar-refractivity contribution is 5.82. The predicted molar refractivity (Wildman–Crippen MR) is 74.9 cm³/mol. The Morgan fingerprint density at radius 2 is 2.32 bits per heavy atom. The van der Waals surface area contributed by atoms with E-state index in [1.54, 1.807) is 0 Å². The van der Waals surface area contributed by atoms with Crippen LogP contribution in [0.4, 0.5) is 0 Å². The Kier molecular flexibility index (Phi) is 5.60. The fourth-order valence-corrected chi connectivity index (χ4v) is 3.18. The van der Waals surface area contributed by atoms with Crippen LogP contribution in [0.2, 0.25) is 0 Å². The van der Waals surface area contributed by atoms with Crippen molar-refractivity contribution in [3.63, 3.8) is 0 Å². The van der Waals surface area contributed by atoms with Gasteiger partial charge in [-0.05, 0) is 32.2 Å². The third kappa shape index (κ3) is 4.16. The van der Waals surface area contributed by atoms with Crippen LogP contribution in [0.5, 0.6) is 0 Å². The summed E-state index contributed by atoms with van der Waals surface area (Å²) in [4.78, 5) is 14.4. The minimum Gasteiger partial charge on any atom is -0.392 e. The summed E-state index contributed by atoms with van der Waals surface area (Å²) in [5.41, 5.74) is 0. The monoisotopic (exact) mass is 269 g/mol. The summed E-state index contributed by atoms with van der Waals surface area (Å²) in [6, 6.07) is 0.482. The third-order valence-corrected chi connectivity index (χ3v) is 4.34. The summed E-state index contributed by atoms with van der Waals surface area (Å²) >= 11 is 0. The number of piperidine rings is 1. The fraction of sp³-hybridized carbons (Fsp3) is 0.929. The van der Waals surface area contributed by atoms with Gasteiger partial charge in [-0.3, -0.25) is 9.69 Å². The first-order chi connectivity index (χ1) is 9.20. The topological polar surface area (TPSA) is 64.6 Å². The number of aliphatic hydroxyl groups is 1. The first kappa shape index (κ1) is 14.8. The molecule has 3 atom stereocenters. The van der Waals surface area contributed by atoms with Crippen molar-refractivity contribution < 1.29 is 9.90 Å². The first-order valence-corrected chi connectivity index (χ1v) is 7.64. The highest BCUT2D eigenvalue weighted by Gasteiger charge is 2.28. The van der Waals surface area contributed by atoms with Gasteiger partial charge in [-0.1, -0.05) is 13.3 Å². The quantitative estimate of drug-likeness (QED) is 0.662. The van der Waals surface area contributed by atoms with E-state index in [2.05, 4.69) is 22.5 Å². The lowest BCUT2D eigenvalue weighted by molar-refractivity contribution is -0.123. The normalized spacial score (nSPS) is 32.4. The molecule has 3 N–H and O–H groups in total. The second-order valence-corrected chi connectivity index (χ2v) is 5.74. The van der Waals surface area contributed by atoms with Gasteiger partial charge in [0, 0.05) is 25.7 Å². The number of hydrogen-bond acceptors (Lipinski definition) is 4. The maximum atomic E-state index is 11.9. The van der Waals surface area contributed by atoms with Crippen molar-refractivity contribution in [1.82, 2.24) is 15.5 Å². The molecule has 1 amide bonds. The van der Waals surface area contributed by atoms with Gasteiger partial charge in [-0.2, -0.15) is 0 Å². The van der Waals surface area contributed by atoms with Gasteiger partial charge in [0.25, 0.3) is 0 Å². The minimum atomic E-state index is -0.373. The molecule has 3 unspecified atom stereocenters. The molecule has 0 aromatic rings. The van der Waals surface area contributed by atoms with Crippen LogP contribution in [0, 0.1) is 0 Å². The molecule has 2 saturated heterocycles. The first-order valence-electron chi connectivity index (χ1n) is 7.64. The molecule has 2 heterocycles. The van der Waals surface area contributed by atoms with Crippen LogP contribution in [0.3, 0.4) is 0 Å². The molecule has 2 fully saturated rings. The Bertz CT molecular complexity index is 298. The van der Waals surface area contributed by atoms with Gasteiger partial charge < -0.3 is 15.7 Å². The van der Waals surface area contributed by atoms with Crippen LogP contribution in [0.25, 0.3) is 0 Å². The maximum Gasteiger partial charge on any atom is 0.237 e. The van der Waals surface area contributed by atoms with E-state index in [9.17, 15) is 9.90 Å². The standard InChI is InChI=1S/C14H27N3O2/c1-2-11-5-3-4-7-17(11)8-6-15-14(19)13-9-12(18)10-16-13/h11-13,16,18H,2-10H2,1H3,(H,15,19). The Morgan fingerprint density at radius 3 is 3.00 bits per heavy atom. The van der Waals surface area contributed by atoms with Crippen molar-refractivity contribution in [2.24, 2.45) is 0 Å². The molecule has 5 heteroatoms. The summed E-state index contributed by atoms with van der Waals surface area (Å²) in [7, 11) is 0. The van der Waals surface area contributed by atoms with E-state index in [1.807, 2.05) is 0 Å². The van der Waals surface area contributed by atoms with E-state index in [-0.39, 0.29) is 18.1 Å². The Hall–Kier alpha value is -0.650. The van der Waals surface area contributed by atoms with Crippen LogP contribution in [-0.2, 0) is 4.79 Å². The van der Waals surface area contributed by atoms with Gasteiger partial charge in [-0.15, -0.1) is 0 Å². The predicted octanol–water partition coefficient (Wildman–Crippen LogP) is 0.0899. The molecule has 0 radical (unpaired) electrons. The van der Waals surface area contributed by atoms with Crippen molar-refractivity contribution >= 4 is 5.91 Å². The average Bonchev–Trinajstić information content (AvgIpc) is 2.86. The molecule has 2 aliphatic heterocycles. The number of carbonyl (C=O) groups excluding carboxylic acids is 1. The summed E-state index contributed by atoms with van der Waals surface area (Å²) in [5.74, 6) is 0.0293. The molecule has 110 valence electrons. The lowest BCUT2D eigenvalue weighted by Gasteiger charge is -2.35. The van der Waals surface area contributed by atoms with Gasteiger partial charge in [0.2, 0.25) is 5.91 Å². The van der Waals surface area contributed by atoms with Gasteiger partial charge in [0.1, 0.15) is 0 Å². The fourth-order valence-electron chi connectivity index (χ4n) is 3.18. The third-order valence-electron chi connectivity index (χ3n) is 4.34. The number of β-amino-alcohol motifs (C(OH)–C–C–N with tert-alkyl or cyclic N) is 1. The van der Waals surface area contributed by atoms with Crippen LogP contribution in [0.15, 0.2) is 0 Å². The van der Waals surface area contributed by atoms with Crippen molar-refractivity contribution in [2.75, 3.05) is 26.2 Å². The Morgan fingerprint density at radius 1 is 1.47 bits per heavy atom. The molecule has 0 aromatic carbocycles. The summed E-state index contributed by atoms with van der Waals surface area (Å²) in [6.45, 7) is 5.59. The molecule has 0 aromatic heterocycles. The number of nitrogens with one attached hydrogen (secondary N) is 2. The molecular formula is C14H27N3O2. The second kappa shape index (κ2) is 7.22. The van der Waals surface area contributed by atoms with Gasteiger partial charge in [0.15, 0.2) is 0 Å². The SMILES string of the molecule is CCC1CCCCN1CCNC(=O)C1CC(O)CN1. The van der Waals surface area contributed by atoms with E-state index in [1.165, 1.54) is 25.7 Å². The zero-order chi connectivity index (χ0) is 13.7. The Labute approximate surface area is 115 Å². The number of hydrogen-bond donors (Lipinski definition) is 3. The molecule has 19 heavy (non-hydrogen) atoms. The van der Waals surface area contributed by atoms with Crippen molar-refractivity contribution in [3.05, 3.63) is 0 Å². The lowest BCUT2D eigenvalue weighted by atomic mass is 10.0. The average molecular weight is 269 g/mol. The van der Waals surface area contributed by atoms with Gasteiger partial charge in [0.05, 0.1) is 12.1 Å². The highest BCUT2D eigenvalue weighted by atomic mass is 16.3. The molecule has 0 bridgehead atoms. The highest BCUT2D eigenvalue weighted by Crippen LogP contribution is 2.18. The molecule has 0 spiro atoms. The van der Waals surface area contributed by atoms with Crippen LogP contribution >= 0.6 is 0 Å². The Balaban J connectivity index is 1.66. The number of likely N-dealkylation sites (tertiary alicyclic amines) is 1. The van der Waals surface area contributed by atoms with E-state index < -0.39 is 0 Å². The molecule has 5 nitrogen and oxygen atoms in total. The van der Waals surface area contributed by atoms with Crippen LogP contribution in [0.1, 0.15) is 39.0 Å². The number of aliphatic hydroxyl groups excluding tert-OH is 1. The zero-order valence-electron chi connectivity index (χ0n) is 11.9. The number of carbonyl (C=O) groups is 1. The van der Waals surface area contributed by atoms with Gasteiger partial charge >= 0.3 is 0 Å². The zero-order valence-corrected chi connectivity index (χ0v) is 11.9. The summed E-state index contributed by atoms with van der Waals surface area (Å²) < 4.78 is 0. The van der Waals surface area contributed by atoms with E-state index in [0.717, 1.165) is 13.1 Å². The van der Waals surface area contributed by atoms with Crippen molar-refractivity contribution in [1.29, 1.82) is 0 Å².